The minimum absolute atomic E-state index is 0.0608. The lowest BCUT2D eigenvalue weighted by Gasteiger charge is -2.30. The van der Waals surface area contributed by atoms with E-state index < -0.39 is 0 Å². The fourth-order valence-electron chi connectivity index (χ4n) is 2.86. The van der Waals surface area contributed by atoms with Gasteiger partial charge >= 0.3 is 0 Å². The number of hydrogen-bond donors (Lipinski definition) is 1. The highest BCUT2D eigenvalue weighted by molar-refractivity contribution is 5.60. The van der Waals surface area contributed by atoms with Crippen LogP contribution in [0.5, 0.6) is 11.5 Å². The molecule has 94 valence electrons. The highest BCUT2D eigenvalue weighted by Gasteiger charge is 2.28. The van der Waals surface area contributed by atoms with Crippen LogP contribution in [0, 0.1) is 13.8 Å². The predicted octanol–water partition coefficient (Wildman–Crippen LogP) is 3.63. The lowest BCUT2D eigenvalue weighted by molar-refractivity contribution is 0.283. The monoisotopic (exact) mass is 234 g/mol. The molecule has 1 N–H and O–H groups in total. The molecular formula is C15H22O2. The van der Waals surface area contributed by atoms with Gasteiger partial charge < -0.3 is 9.84 Å². The summed E-state index contributed by atoms with van der Waals surface area (Å²) in [5.41, 5.74) is 4.26. The van der Waals surface area contributed by atoms with Gasteiger partial charge in [-0.15, -0.1) is 0 Å². The zero-order valence-electron chi connectivity index (χ0n) is 11.5. The highest BCUT2D eigenvalue weighted by atomic mass is 16.5. The van der Waals surface area contributed by atoms with E-state index in [2.05, 4.69) is 27.7 Å². The second-order valence-corrected chi connectivity index (χ2v) is 5.98. The van der Waals surface area contributed by atoms with Crippen molar-refractivity contribution in [2.24, 2.45) is 0 Å². The van der Waals surface area contributed by atoms with E-state index in [1.165, 1.54) is 5.56 Å². The van der Waals surface area contributed by atoms with Crippen LogP contribution in [0.1, 0.15) is 49.4 Å². The second kappa shape index (κ2) is 3.94. The molecule has 0 fully saturated rings. The summed E-state index contributed by atoms with van der Waals surface area (Å²) in [6.07, 6.45) is 2.06. The van der Waals surface area contributed by atoms with Gasteiger partial charge in [0.1, 0.15) is 11.5 Å². The molecule has 0 atom stereocenters. The molecule has 1 aliphatic rings. The Hall–Kier alpha value is -1.18. The lowest BCUT2D eigenvalue weighted by atomic mass is 9.80. The van der Waals surface area contributed by atoms with Gasteiger partial charge in [-0.3, -0.25) is 0 Å². The molecule has 2 nitrogen and oxygen atoms in total. The first kappa shape index (κ1) is 12.3. The van der Waals surface area contributed by atoms with Crippen molar-refractivity contribution in [3.05, 3.63) is 22.3 Å². The van der Waals surface area contributed by atoms with Crippen LogP contribution in [0.15, 0.2) is 0 Å². The van der Waals surface area contributed by atoms with E-state index in [1.54, 1.807) is 0 Å². The number of hydrogen-bond acceptors (Lipinski definition) is 2. The van der Waals surface area contributed by atoms with Crippen molar-refractivity contribution in [2.45, 2.75) is 52.9 Å². The van der Waals surface area contributed by atoms with Gasteiger partial charge in [0.15, 0.2) is 0 Å². The van der Waals surface area contributed by atoms with Gasteiger partial charge in [-0.05, 0) is 43.2 Å². The minimum Gasteiger partial charge on any atom is -0.507 e. The molecule has 1 aromatic rings. The molecule has 1 aliphatic heterocycles. The first-order valence-corrected chi connectivity index (χ1v) is 6.32. The first-order chi connectivity index (χ1) is 7.84. The Labute approximate surface area is 104 Å². The van der Waals surface area contributed by atoms with Gasteiger partial charge in [-0.2, -0.15) is 0 Å². The van der Waals surface area contributed by atoms with Gasteiger partial charge in [-0.25, -0.2) is 0 Å². The average molecular weight is 234 g/mol. The van der Waals surface area contributed by atoms with Crippen molar-refractivity contribution in [3.8, 4) is 11.5 Å². The maximum absolute atomic E-state index is 10.4. The van der Waals surface area contributed by atoms with E-state index in [0.29, 0.717) is 5.75 Å². The number of ether oxygens (including phenoxy) is 1. The van der Waals surface area contributed by atoms with Crippen molar-refractivity contribution in [1.29, 1.82) is 0 Å². The van der Waals surface area contributed by atoms with Crippen LogP contribution in [0.3, 0.4) is 0 Å². The molecule has 0 amide bonds. The Kier molecular flexibility index (Phi) is 2.84. The SMILES string of the molecule is Cc1c(O)c(C(C)(C)C)c(C)c2c1CCCO2. The summed E-state index contributed by atoms with van der Waals surface area (Å²) >= 11 is 0. The Morgan fingerprint density at radius 2 is 1.76 bits per heavy atom. The predicted molar refractivity (Wildman–Crippen MR) is 70.1 cm³/mol. The van der Waals surface area contributed by atoms with Gasteiger partial charge in [0, 0.05) is 11.1 Å². The molecular weight excluding hydrogens is 212 g/mol. The van der Waals surface area contributed by atoms with Crippen LogP contribution in [-0.2, 0) is 11.8 Å². The summed E-state index contributed by atoms with van der Waals surface area (Å²) in [5, 5.41) is 10.4. The van der Waals surface area contributed by atoms with Crippen molar-refractivity contribution in [1.82, 2.24) is 0 Å². The van der Waals surface area contributed by atoms with Crippen molar-refractivity contribution in [2.75, 3.05) is 6.61 Å². The number of benzene rings is 1. The number of rotatable bonds is 0. The molecule has 1 heterocycles. The number of phenols is 1. The van der Waals surface area contributed by atoms with Crippen LogP contribution < -0.4 is 4.74 Å². The Balaban J connectivity index is 2.75. The molecule has 1 aromatic carbocycles. The zero-order chi connectivity index (χ0) is 12.8. The number of fused-ring (bicyclic) bond motifs is 1. The third-order valence-corrected chi connectivity index (χ3v) is 3.60. The van der Waals surface area contributed by atoms with Gasteiger partial charge in [0.2, 0.25) is 0 Å². The van der Waals surface area contributed by atoms with E-state index >= 15 is 0 Å². The minimum atomic E-state index is -0.0608. The molecule has 2 rings (SSSR count). The third-order valence-electron chi connectivity index (χ3n) is 3.60. The summed E-state index contributed by atoms with van der Waals surface area (Å²) in [7, 11) is 0. The molecule has 0 saturated carbocycles. The molecule has 0 aromatic heterocycles. The average Bonchev–Trinajstić information content (AvgIpc) is 2.24. The zero-order valence-corrected chi connectivity index (χ0v) is 11.5. The molecule has 0 aliphatic carbocycles. The van der Waals surface area contributed by atoms with Gasteiger partial charge in [0.05, 0.1) is 6.61 Å². The number of aromatic hydroxyl groups is 1. The van der Waals surface area contributed by atoms with Crippen molar-refractivity contribution in [3.63, 3.8) is 0 Å². The fourth-order valence-corrected chi connectivity index (χ4v) is 2.86. The molecule has 0 unspecified atom stereocenters. The van der Waals surface area contributed by atoms with E-state index in [1.807, 2.05) is 6.92 Å². The van der Waals surface area contributed by atoms with Crippen molar-refractivity contribution >= 4 is 0 Å². The molecule has 0 bridgehead atoms. The van der Waals surface area contributed by atoms with Crippen LogP contribution in [0.25, 0.3) is 0 Å². The van der Waals surface area contributed by atoms with Crippen molar-refractivity contribution < 1.29 is 9.84 Å². The normalized spacial score (nSPS) is 15.4. The topological polar surface area (TPSA) is 29.5 Å². The maximum Gasteiger partial charge on any atom is 0.126 e. The second-order valence-electron chi connectivity index (χ2n) is 5.98. The largest absolute Gasteiger partial charge is 0.507 e. The summed E-state index contributed by atoms with van der Waals surface area (Å²) in [6, 6.07) is 0. The van der Waals surface area contributed by atoms with Crippen LogP contribution >= 0.6 is 0 Å². The van der Waals surface area contributed by atoms with Crippen LogP contribution in [0.2, 0.25) is 0 Å². The van der Waals surface area contributed by atoms with E-state index in [-0.39, 0.29) is 5.41 Å². The molecule has 0 spiro atoms. The highest BCUT2D eigenvalue weighted by Crippen LogP contribution is 2.44. The quantitative estimate of drug-likeness (QED) is 0.742. The van der Waals surface area contributed by atoms with Gasteiger partial charge in [-0.1, -0.05) is 20.8 Å². The summed E-state index contributed by atoms with van der Waals surface area (Å²) < 4.78 is 5.81. The first-order valence-electron chi connectivity index (χ1n) is 6.32. The Morgan fingerprint density at radius 3 is 2.35 bits per heavy atom. The lowest BCUT2D eigenvalue weighted by Crippen LogP contribution is -2.18. The van der Waals surface area contributed by atoms with Gasteiger partial charge in [0.25, 0.3) is 0 Å². The number of phenolic OH excluding ortho intramolecular Hbond substituents is 1. The van der Waals surface area contributed by atoms with E-state index in [9.17, 15) is 5.11 Å². The Bertz CT molecular complexity index is 453. The molecule has 0 radical (unpaired) electrons. The standard InChI is InChI=1S/C15H22O2/c1-9-11-7-6-8-17-14(11)10(2)12(13(9)16)15(3,4)5/h16H,6-8H2,1-5H3. The Morgan fingerprint density at radius 1 is 1.12 bits per heavy atom. The molecule has 0 saturated heterocycles. The molecule has 2 heteroatoms. The summed E-state index contributed by atoms with van der Waals surface area (Å²) in [4.78, 5) is 0. The maximum atomic E-state index is 10.4. The van der Waals surface area contributed by atoms with E-state index in [0.717, 1.165) is 41.9 Å². The van der Waals surface area contributed by atoms with Crippen LogP contribution in [-0.4, -0.2) is 11.7 Å². The van der Waals surface area contributed by atoms with E-state index in [4.69, 9.17) is 4.74 Å². The molecule has 17 heavy (non-hydrogen) atoms. The smallest absolute Gasteiger partial charge is 0.126 e. The van der Waals surface area contributed by atoms with Crippen LogP contribution in [0.4, 0.5) is 0 Å². The summed E-state index contributed by atoms with van der Waals surface area (Å²) in [6.45, 7) is 11.2. The third kappa shape index (κ3) is 1.90. The fraction of sp³-hybridized carbons (Fsp3) is 0.600. The summed E-state index contributed by atoms with van der Waals surface area (Å²) in [5.74, 6) is 1.47.